The van der Waals surface area contributed by atoms with Crippen LogP contribution in [-0.2, 0) is 9.59 Å². The number of benzene rings is 1. The van der Waals surface area contributed by atoms with Crippen LogP contribution in [0.4, 0.5) is 0 Å². The minimum Gasteiger partial charge on any atom is -0.482 e. The van der Waals surface area contributed by atoms with Crippen molar-refractivity contribution in [1.82, 2.24) is 0 Å². The van der Waals surface area contributed by atoms with Crippen molar-refractivity contribution in [2.24, 2.45) is 0 Å². The summed E-state index contributed by atoms with van der Waals surface area (Å²) in [6.07, 6.45) is 0. The predicted molar refractivity (Wildman–Crippen MR) is 77.1 cm³/mol. The molecule has 0 saturated carbocycles. The standard InChI is InChI=1S/C9H9ClO3.C3H4Cl2O2/c1-6-4-7(10)2-3-8(6)13-5-9(11)12;1-3(4,5)2(6)7/h2-4H,5H2,1H3,(H,11,12);1H3,(H,6,7). The second kappa shape index (κ2) is 8.19. The van der Waals surface area contributed by atoms with Crippen molar-refractivity contribution in [3.05, 3.63) is 28.8 Å². The lowest BCUT2D eigenvalue weighted by molar-refractivity contribution is -0.139. The number of aliphatic carboxylic acids is 2. The Balaban J connectivity index is 0.000000441. The first-order chi connectivity index (χ1) is 9.04. The van der Waals surface area contributed by atoms with Gasteiger partial charge in [-0.1, -0.05) is 34.8 Å². The molecule has 112 valence electrons. The number of hydrogen-bond acceptors (Lipinski definition) is 3. The molecule has 0 aliphatic carbocycles. The molecule has 8 heteroatoms. The van der Waals surface area contributed by atoms with Gasteiger partial charge in [0.2, 0.25) is 4.33 Å². The van der Waals surface area contributed by atoms with Gasteiger partial charge in [-0.3, -0.25) is 0 Å². The van der Waals surface area contributed by atoms with Crippen LogP contribution in [0.5, 0.6) is 5.75 Å². The highest BCUT2D eigenvalue weighted by Gasteiger charge is 2.25. The normalized spacial score (nSPS) is 10.2. The molecule has 1 aromatic rings. The molecule has 0 fully saturated rings. The lowest BCUT2D eigenvalue weighted by Crippen LogP contribution is -2.19. The Morgan fingerprint density at radius 3 is 2.15 bits per heavy atom. The number of carboxylic acid groups (broad SMARTS) is 2. The largest absolute Gasteiger partial charge is 0.482 e. The topological polar surface area (TPSA) is 83.8 Å². The molecule has 0 spiro atoms. The van der Waals surface area contributed by atoms with Gasteiger partial charge in [0.1, 0.15) is 5.75 Å². The zero-order valence-corrected chi connectivity index (χ0v) is 13.0. The highest BCUT2D eigenvalue weighted by molar-refractivity contribution is 6.56. The highest BCUT2D eigenvalue weighted by Crippen LogP contribution is 2.21. The van der Waals surface area contributed by atoms with Gasteiger partial charge >= 0.3 is 11.9 Å². The third-order valence-corrected chi connectivity index (χ3v) is 2.42. The van der Waals surface area contributed by atoms with Gasteiger partial charge < -0.3 is 14.9 Å². The fourth-order valence-corrected chi connectivity index (χ4v) is 1.14. The minimum absolute atomic E-state index is 0.331. The van der Waals surface area contributed by atoms with E-state index in [0.717, 1.165) is 5.56 Å². The predicted octanol–water partition coefficient (Wildman–Crippen LogP) is 3.38. The Hall–Kier alpha value is -1.17. The maximum atomic E-state index is 10.2. The molecule has 0 amide bonds. The summed E-state index contributed by atoms with van der Waals surface area (Å²) in [5.74, 6) is -1.67. The molecule has 0 aromatic heterocycles. The van der Waals surface area contributed by atoms with Gasteiger partial charge in [-0.05, 0) is 37.6 Å². The first kappa shape index (κ1) is 18.8. The summed E-state index contributed by atoms with van der Waals surface area (Å²) < 4.78 is 3.36. The van der Waals surface area contributed by atoms with Crippen molar-refractivity contribution in [2.45, 2.75) is 18.2 Å². The van der Waals surface area contributed by atoms with Crippen LogP contribution >= 0.6 is 34.8 Å². The summed E-state index contributed by atoms with van der Waals surface area (Å²) >= 11 is 15.8. The van der Waals surface area contributed by atoms with Crippen LogP contribution in [0.3, 0.4) is 0 Å². The number of halogens is 3. The molecular weight excluding hydrogens is 330 g/mol. The smallest absolute Gasteiger partial charge is 0.341 e. The number of rotatable bonds is 4. The number of alkyl halides is 2. The quantitative estimate of drug-likeness (QED) is 0.819. The van der Waals surface area contributed by atoms with Gasteiger partial charge in [-0.15, -0.1) is 0 Å². The molecular formula is C12H13Cl3O5. The van der Waals surface area contributed by atoms with Gasteiger partial charge in [-0.25, -0.2) is 9.59 Å². The van der Waals surface area contributed by atoms with Crippen molar-refractivity contribution in [1.29, 1.82) is 0 Å². The Morgan fingerprint density at radius 1 is 1.30 bits per heavy atom. The Labute approximate surface area is 131 Å². The van der Waals surface area contributed by atoms with Gasteiger partial charge in [0.15, 0.2) is 6.61 Å². The summed E-state index contributed by atoms with van der Waals surface area (Å²) in [5, 5.41) is 17.0. The van der Waals surface area contributed by atoms with Crippen LogP contribution in [0.15, 0.2) is 18.2 Å². The molecule has 20 heavy (non-hydrogen) atoms. The maximum absolute atomic E-state index is 10.2. The molecule has 0 bridgehead atoms. The van der Waals surface area contributed by atoms with E-state index < -0.39 is 16.3 Å². The van der Waals surface area contributed by atoms with E-state index in [-0.39, 0.29) is 6.61 Å². The maximum Gasteiger partial charge on any atom is 0.341 e. The Kier molecular flexibility index (Phi) is 7.71. The van der Waals surface area contributed by atoms with Crippen molar-refractivity contribution in [2.75, 3.05) is 6.61 Å². The van der Waals surface area contributed by atoms with E-state index in [9.17, 15) is 9.59 Å². The van der Waals surface area contributed by atoms with Crippen molar-refractivity contribution in [3.8, 4) is 5.75 Å². The summed E-state index contributed by atoms with van der Waals surface area (Å²) in [5.41, 5.74) is 0.828. The zero-order chi connectivity index (χ0) is 15.9. The van der Waals surface area contributed by atoms with E-state index in [0.29, 0.717) is 10.8 Å². The molecule has 0 heterocycles. The summed E-state index contributed by atoms with van der Waals surface area (Å²) in [6.45, 7) is 2.67. The van der Waals surface area contributed by atoms with E-state index in [1.54, 1.807) is 18.2 Å². The molecule has 0 radical (unpaired) electrons. The molecule has 0 saturated heterocycles. The van der Waals surface area contributed by atoms with Crippen LogP contribution in [0.1, 0.15) is 12.5 Å². The van der Waals surface area contributed by atoms with Crippen molar-refractivity contribution < 1.29 is 24.5 Å². The molecule has 1 aromatic carbocycles. The second-order valence-electron chi connectivity index (χ2n) is 3.79. The molecule has 0 aliphatic rings. The first-order valence-electron chi connectivity index (χ1n) is 5.26. The molecule has 0 unspecified atom stereocenters. The van der Waals surface area contributed by atoms with Gasteiger partial charge in [-0.2, -0.15) is 0 Å². The van der Waals surface area contributed by atoms with E-state index in [2.05, 4.69) is 0 Å². The third kappa shape index (κ3) is 8.09. The number of carboxylic acids is 2. The van der Waals surface area contributed by atoms with Crippen LogP contribution < -0.4 is 4.74 Å². The molecule has 5 nitrogen and oxygen atoms in total. The van der Waals surface area contributed by atoms with Gasteiger partial charge in [0.25, 0.3) is 0 Å². The van der Waals surface area contributed by atoms with E-state index in [1.807, 2.05) is 6.92 Å². The monoisotopic (exact) mass is 342 g/mol. The average Bonchev–Trinajstić information content (AvgIpc) is 2.27. The molecule has 0 aliphatic heterocycles. The van der Waals surface area contributed by atoms with Crippen molar-refractivity contribution in [3.63, 3.8) is 0 Å². The molecule has 0 atom stereocenters. The SMILES string of the molecule is CC(Cl)(Cl)C(=O)O.Cc1cc(Cl)ccc1OCC(=O)O. The van der Waals surface area contributed by atoms with Gasteiger partial charge in [0, 0.05) is 5.02 Å². The fourth-order valence-electron chi connectivity index (χ4n) is 0.914. The lowest BCUT2D eigenvalue weighted by atomic mass is 10.2. The summed E-state index contributed by atoms with van der Waals surface area (Å²) in [7, 11) is 0. The minimum atomic E-state index is -1.64. The van der Waals surface area contributed by atoms with Crippen LogP contribution in [0.2, 0.25) is 5.02 Å². The highest BCUT2D eigenvalue weighted by atomic mass is 35.5. The Bertz CT molecular complexity index is 482. The summed E-state index contributed by atoms with van der Waals surface area (Å²) in [6, 6.07) is 5.03. The number of ether oxygens (including phenoxy) is 1. The van der Waals surface area contributed by atoms with E-state index >= 15 is 0 Å². The van der Waals surface area contributed by atoms with E-state index in [4.69, 9.17) is 49.8 Å². The molecule has 1 rings (SSSR count). The van der Waals surface area contributed by atoms with Crippen LogP contribution in [0, 0.1) is 6.92 Å². The first-order valence-corrected chi connectivity index (χ1v) is 6.39. The fraction of sp³-hybridized carbons (Fsp3) is 0.333. The van der Waals surface area contributed by atoms with Crippen LogP contribution in [-0.4, -0.2) is 33.1 Å². The Morgan fingerprint density at radius 2 is 1.80 bits per heavy atom. The zero-order valence-electron chi connectivity index (χ0n) is 10.7. The van der Waals surface area contributed by atoms with Crippen LogP contribution in [0.25, 0.3) is 0 Å². The van der Waals surface area contributed by atoms with Gasteiger partial charge in [0.05, 0.1) is 0 Å². The van der Waals surface area contributed by atoms with Crippen molar-refractivity contribution >= 4 is 46.7 Å². The number of carbonyl (C=O) groups is 2. The number of hydrogen-bond donors (Lipinski definition) is 2. The third-order valence-electron chi connectivity index (χ3n) is 1.86. The second-order valence-corrected chi connectivity index (χ2v) is 5.93. The average molecular weight is 344 g/mol. The molecule has 2 N–H and O–H groups in total. The summed E-state index contributed by atoms with van der Waals surface area (Å²) in [4.78, 5) is 20.0. The lowest BCUT2D eigenvalue weighted by Gasteiger charge is -2.06. The number of aryl methyl sites for hydroxylation is 1. The van der Waals surface area contributed by atoms with E-state index in [1.165, 1.54) is 6.92 Å².